The molecule has 2 saturated heterocycles. The molecule has 2 aliphatic rings. The van der Waals surface area contributed by atoms with Crippen molar-refractivity contribution in [1.29, 1.82) is 0 Å². The van der Waals surface area contributed by atoms with Gasteiger partial charge in [-0.1, -0.05) is 12.8 Å². The van der Waals surface area contributed by atoms with Crippen molar-refractivity contribution in [3.8, 4) is 0 Å². The maximum Gasteiger partial charge on any atom is 0.253 e. The van der Waals surface area contributed by atoms with Crippen LogP contribution in [0.25, 0.3) is 0 Å². The lowest BCUT2D eigenvalue weighted by molar-refractivity contribution is -0.0440. The highest BCUT2D eigenvalue weighted by Gasteiger charge is 2.32. The second-order valence-electron chi connectivity index (χ2n) is 7.31. The van der Waals surface area contributed by atoms with Gasteiger partial charge >= 0.3 is 0 Å². The minimum Gasteiger partial charge on any atom is -0.373 e. The van der Waals surface area contributed by atoms with Crippen LogP contribution < -0.4 is 0 Å². The average molecular weight is 381 g/mol. The first-order valence-corrected chi connectivity index (χ1v) is 10.9. The number of ether oxygens (including phenoxy) is 1. The highest BCUT2D eigenvalue weighted by Crippen LogP contribution is 2.22. The maximum absolute atomic E-state index is 12.9. The van der Waals surface area contributed by atoms with Gasteiger partial charge in [0, 0.05) is 31.7 Å². The van der Waals surface area contributed by atoms with Crippen LogP contribution in [0.15, 0.2) is 29.2 Å². The van der Waals surface area contributed by atoms with E-state index in [2.05, 4.69) is 0 Å². The Morgan fingerprint density at radius 3 is 2.04 bits per heavy atom. The monoisotopic (exact) mass is 380 g/mol. The lowest BCUT2D eigenvalue weighted by Crippen LogP contribution is -2.48. The molecule has 2 fully saturated rings. The van der Waals surface area contributed by atoms with E-state index in [-0.39, 0.29) is 23.0 Å². The molecule has 0 saturated carbocycles. The third-order valence-electron chi connectivity index (χ3n) is 5.02. The summed E-state index contributed by atoms with van der Waals surface area (Å²) in [5.41, 5.74) is 0.551. The summed E-state index contributed by atoms with van der Waals surface area (Å²) >= 11 is 0. The van der Waals surface area contributed by atoms with Crippen LogP contribution in [-0.4, -0.2) is 61.9 Å². The highest BCUT2D eigenvalue weighted by molar-refractivity contribution is 7.89. The van der Waals surface area contributed by atoms with Gasteiger partial charge in [-0.05, 0) is 51.0 Å². The number of rotatable bonds is 3. The van der Waals surface area contributed by atoms with E-state index in [0.29, 0.717) is 18.7 Å². The Bertz CT molecular complexity index is 714. The number of benzene rings is 1. The molecular weight excluding hydrogens is 352 g/mol. The molecule has 0 unspecified atom stereocenters. The fourth-order valence-electron chi connectivity index (χ4n) is 3.70. The summed E-state index contributed by atoms with van der Waals surface area (Å²) in [5.74, 6) is -0.00975. The van der Waals surface area contributed by atoms with Crippen LogP contribution in [0.2, 0.25) is 0 Å². The van der Waals surface area contributed by atoms with Crippen molar-refractivity contribution in [3.05, 3.63) is 29.8 Å². The van der Waals surface area contributed by atoms with Crippen LogP contribution in [0.3, 0.4) is 0 Å². The molecule has 2 atom stereocenters. The number of amides is 1. The minimum absolute atomic E-state index is 0.00975. The van der Waals surface area contributed by atoms with E-state index >= 15 is 0 Å². The number of sulfonamides is 1. The Hall–Kier alpha value is -1.44. The Morgan fingerprint density at radius 1 is 0.962 bits per heavy atom. The number of carbonyl (C=O) groups is 1. The molecule has 0 radical (unpaired) electrons. The first-order chi connectivity index (χ1) is 12.4. The zero-order valence-corrected chi connectivity index (χ0v) is 16.4. The molecule has 0 aromatic heterocycles. The summed E-state index contributed by atoms with van der Waals surface area (Å²) in [6.07, 6.45) is 4.14. The number of carbonyl (C=O) groups excluding carboxylic acids is 1. The lowest BCUT2D eigenvalue weighted by atomic mass is 10.2. The van der Waals surface area contributed by atoms with Crippen molar-refractivity contribution >= 4 is 15.9 Å². The number of likely N-dealkylation sites (tertiary alicyclic amines) is 1. The van der Waals surface area contributed by atoms with Crippen LogP contribution in [0.1, 0.15) is 49.9 Å². The van der Waals surface area contributed by atoms with Gasteiger partial charge in [0.15, 0.2) is 0 Å². The molecule has 3 rings (SSSR count). The standard InChI is InChI=1S/C19H28N2O4S/c1-15-13-21(14-16(2)25-15)26(23,24)18-9-7-17(8-10-18)19(22)20-11-5-3-4-6-12-20/h7-10,15-16H,3-6,11-14H2,1-2H3/t15-,16-/m0/s1. The van der Waals surface area contributed by atoms with Crippen LogP contribution in [-0.2, 0) is 14.8 Å². The van der Waals surface area contributed by atoms with Gasteiger partial charge in [0.1, 0.15) is 0 Å². The van der Waals surface area contributed by atoms with Gasteiger partial charge in [-0.3, -0.25) is 4.79 Å². The summed E-state index contributed by atoms with van der Waals surface area (Å²) in [5, 5.41) is 0. The zero-order valence-electron chi connectivity index (χ0n) is 15.6. The van der Waals surface area contributed by atoms with Crippen molar-refractivity contribution < 1.29 is 17.9 Å². The molecule has 0 bridgehead atoms. The summed E-state index contributed by atoms with van der Waals surface area (Å²) < 4.78 is 32.9. The van der Waals surface area contributed by atoms with E-state index in [1.54, 1.807) is 24.3 Å². The van der Waals surface area contributed by atoms with Gasteiger partial charge in [-0.25, -0.2) is 8.42 Å². The number of nitrogens with zero attached hydrogens (tertiary/aromatic N) is 2. The molecular formula is C19H28N2O4S. The second kappa shape index (κ2) is 8.06. The third-order valence-corrected chi connectivity index (χ3v) is 6.86. The molecule has 1 aromatic rings. The lowest BCUT2D eigenvalue weighted by Gasteiger charge is -2.34. The molecule has 144 valence electrons. The summed E-state index contributed by atoms with van der Waals surface area (Å²) in [6, 6.07) is 6.36. The Labute approximate surface area is 156 Å². The number of morpholine rings is 1. The first-order valence-electron chi connectivity index (χ1n) is 9.43. The Morgan fingerprint density at radius 2 is 1.50 bits per heavy atom. The van der Waals surface area contributed by atoms with Crippen molar-refractivity contribution in [2.45, 2.75) is 56.6 Å². The van der Waals surface area contributed by atoms with E-state index in [4.69, 9.17) is 4.74 Å². The molecule has 0 N–H and O–H groups in total. The zero-order chi connectivity index (χ0) is 18.7. The summed E-state index contributed by atoms with van der Waals surface area (Å²) in [6.45, 7) is 6.01. The minimum atomic E-state index is -3.57. The van der Waals surface area contributed by atoms with E-state index < -0.39 is 10.0 Å². The molecule has 2 heterocycles. The Kier molecular flexibility index (Phi) is 5.99. The molecule has 26 heavy (non-hydrogen) atoms. The molecule has 7 heteroatoms. The van der Waals surface area contributed by atoms with Crippen molar-refractivity contribution in [1.82, 2.24) is 9.21 Å². The summed E-state index contributed by atoms with van der Waals surface area (Å²) in [7, 11) is -3.57. The van der Waals surface area contributed by atoms with E-state index in [1.807, 2.05) is 18.7 Å². The smallest absolute Gasteiger partial charge is 0.253 e. The number of hydrogen-bond donors (Lipinski definition) is 0. The van der Waals surface area contributed by atoms with E-state index in [1.165, 1.54) is 4.31 Å². The van der Waals surface area contributed by atoms with Crippen LogP contribution in [0.5, 0.6) is 0 Å². The van der Waals surface area contributed by atoms with Crippen LogP contribution in [0, 0.1) is 0 Å². The molecule has 1 amide bonds. The fourth-order valence-corrected chi connectivity index (χ4v) is 5.29. The van der Waals surface area contributed by atoms with Crippen molar-refractivity contribution in [2.75, 3.05) is 26.2 Å². The normalized spacial score (nSPS) is 25.7. The SMILES string of the molecule is C[C@H]1CN(S(=O)(=O)c2ccc(C(=O)N3CCCCCC3)cc2)C[C@H](C)O1. The molecule has 1 aromatic carbocycles. The molecule has 6 nitrogen and oxygen atoms in total. The topological polar surface area (TPSA) is 66.9 Å². The highest BCUT2D eigenvalue weighted by atomic mass is 32.2. The van der Waals surface area contributed by atoms with Crippen molar-refractivity contribution in [3.63, 3.8) is 0 Å². The quantitative estimate of drug-likeness (QED) is 0.808. The molecule has 0 spiro atoms. The third kappa shape index (κ3) is 4.27. The predicted octanol–water partition coefficient (Wildman–Crippen LogP) is 2.50. The van der Waals surface area contributed by atoms with Gasteiger partial charge in [0.05, 0.1) is 17.1 Å². The number of hydrogen-bond acceptors (Lipinski definition) is 4. The van der Waals surface area contributed by atoms with Gasteiger partial charge < -0.3 is 9.64 Å². The van der Waals surface area contributed by atoms with Crippen molar-refractivity contribution in [2.24, 2.45) is 0 Å². The van der Waals surface area contributed by atoms with Gasteiger partial charge in [-0.2, -0.15) is 4.31 Å². The molecule has 0 aliphatic carbocycles. The van der Waals surface area contributed by atoms with Crippen LogP contribution >= 0.6 is 0 Å². The Balaban J connectivity index is 1.75. The van der Waals surface area contributed by atoms with E-state index in [0.717, 1.165) is 38.8 Å². The largest absolute Gasteiger partial charge is 0.373 e. The average Bonchev–Trinajstić information content (AvgIpc) is 2.90. The van der Waals surface area contributed by atoms with Gasteiger partial charge in [0.2, 0.25) is 10.0 Å². The fraction of sp³-hybridized carbons (Fsp3) is 0.632. The molecule has 2 aliphatic heterocycles. The van der Waals surface area contributed by atoms with E-state index in [9.17, 15) is 13.2 Å². The first kappa shape index (κ1) is 19.3. The maximum atomic E-state index is 12.9. The second-order valence-corrected chi connectivity index (χ2v) is 9.25. The predicted molar refractivity (Wildman–Crippen MR) is 99.6 cm³/mol. The van der Waals surface area contributed by atoms with Crippen LogP contribution in [0.4, 0.5) is 0 Å². The van der Waals surface area contributed by atoms with Gasteiger partial charge in [-0.15, -0.1) is 0 Å². The van der Waals surface area contributed by atoms with Gasteiger partial charge in [0.25, 0.3) is 5.91 Å². The summed E-state index contributed by atoms with van der Waals surface area (Å²) in [4.78, 5) is 14.8.